The zero-order valence-corrected chi connectivity index (χ0v) is 19.3. The number of aliphatic hydroxyl groups excluding tert-OH is 1. The van der Waals surface area contributed by atoms with E-state index in [4.69, 9.17) is 4.74 Å². The Balaban J connectivity index is 1.81. The monoisotopic (exact) mass is 451 g/mol. The third-order valence-corrected chi connectivity index (χ3v) is 6.42. The van der Waals surface area contributed by atoms with E-state index >= 15 is 0 Å². The van der Waals surface area contributed by atoms with Gasteiger partial charge in [-0.25, -0.2) is 4.39 Å². The molecule has 6 heteroatoms. The molecule has 5 nitrogen and oxygen atoms in total. The van der Waals surface area contributed by atoms with Gasteiger partial charge in [-0.3, -0.25) is 9.59 Å². The number of rotatable bonds is 6. The minimum absolute atomic E-state index is 0.0627. The second kappa shape index (κ2) is 9.38. The highest BCUT2D eigenvalue weighted by molar-refractivity contribution is 6.46. The van der Waals surface area contributed by atoms with Crippen LogP contribution in [0.1, 0.15) is 62.3 Å². The van der Waals surface area contributed by atoms with Crippen molar-refractivity contribution in [1.82, 2.24) is 4.90 Å². The fraction of sp³-hybridized carbons (Fsp3) is 0.407. The highest BCUT2D eigenvalue weighted by atomic mass is 19.1. The number of carbonyl (C=O) groups excluding carboxylic acids is 2. The number of hydrogen-bond donors (Lipinski definition) is 1. The van der Waals surface area contributed by atoms with Gasteiger partial charge in [-0.1, -0.05) is 44.9 Å². The summed E-state index contributed by atoms with van der Waals surface area (Å²) in [5.41, 5.74) is 1.35. The van der Waals surface area contributed by atoms with Crippen LogP contribution >= 0.6 is 0 Å². The maximum absolute atomic E-state index is 14.9. The molecular formula is C27H30FNO4. The minimum atomic E-state index is -0.952. The van der Waals surface area contributed by atoms with Gasteiger partial charge in [0.15, 0.2) is 0 Å². The Bertz CT molecular complexity index is 1100. The van der Waals surface area contributed by atoms with Crippen LogP contribution < -0.4 is 4.74 Å². The van der Waals surface area contributed by atoms with Crippen molar-refractivity contribution in [3.63, 3.8) is 0 Å². The van der Waals surface area contributed by atoms with E-state index in [9.17, 15) is 19.1 Å². The molecule has 0 bridgehead atoms. The first-order chi connectivity index (χ1) is 15.8. The summed E-state index contributed by atoms with van der Waals surface area (Å²) in [7, 11) is 0. The Morgan fingerprint density at radius 1 is 1.15 bits per heavy atom. The van der Waals surface area contributed by atoms with Crippen molar-refractivity contribution in [2.75, 3.05) is 6.61 Å². The zero-order valence-electron chi connectivity index (χ0n) is 19.3. The van der Waals surface area contributed by atoms with Crippen LogP contribution in [0.4, 0.5) is 4.39 Å². The molecule has 1 aliphatic heterocycles. The molecule has 33 heavy (non-hydrogen) atoms. The van der Waals surface area contributed by atoms with E-state index in [0.29, 0.717) is 23.8 Å². The summed E-state index contributed by atoms with van der Waals surface area (Å²) < 4.78 is 20.7. The molecule has 2 fully saturated rings. The first-order valence-corrected chi connectivity index (χ1v) is 11.6. The summed E-state index contributed by atoms with van der Waals surface area (Å²) in [6.07, 6.45) is 3.43. The molecule has 174 valence electrons. The number of ketones is 1. The Hall–Kier alpha value is -3.15. The lowest BCUT2D eigenvalue weighted by atomic mass is 9.94. The summed E-state index contributed by atoms with van der Waals surface area (Å²) in [5.74, 6) is -1.19. The van der Waals surface area contributed by atoms with Crippen molar-refractivity contribution < 1.29 is 23.8 Å². The van der Waals surface area contributed by atoms with Gasteiger partial charge in [-0.05, 0) is 55.5 Å². The van der Waals surface area contributed by atoms with E-state index in [0.717, 1.165) is 31.2 Å². The second-order valence-electron chi connectivity index (χ2n) is 9.35. The quantitative estimate of drug-likeness (QED) is 0.356. The molecule has 0 spiro atoms. The first-order valence-electron chi connectivity index (χ1n) is 11.6. The van der Waals surface area contributed by atoms with Gasteiger partial charge in [0.05, 0.1) is 18.2 Å². The normalized spacial score (nSPS) is 20.8. The average molecular weight is 452 g/mol. The van der Waals surface area contributed by atoms with E-state index in [1.807, 2.05) is 6.92 Å². The van der Waals surface area contributed by atoms with Crippen LogP contribution in [0.15, 0.2) is 48.0 Å². The van der Waals surface area contributed by atoms with E-state index in [2.05, 4.69) is 13.8 Å². The molecule has 1 saturated heterocycles. The molecule has 1 atom stereocenters. The number of benzene rings is 2. The number of likely N-dealkylation sites (tertiary alicyclic amines) is 1. The summed E-state index contributed by atoms with van der Waals surface area (Å²) in [6, 6.07) is 10.2. The third-order valence-electron chi connectivity index (χ3n) is 6.42. The Labute approximate surface area is 193 Å². The Morgan fingerprint density at radius 2 is 1.85 bits per heavy atom. The van der Waals surface area contributed by atoms with Gasteiger partial charge in [-0.15, -0.1) is 0 Å². The lowest BCUT2D eigenvalue weighted by Gasteiger charge is -2.31. The molecule has 4 rings (SSSR count). The molecule has 1 heterocycles. The molecule has 2 aromatic rings. The molecular weight excluding hydrogens is 421 g/mol. The smallest absolute Gasteiger partial charge is 0.295 e. The summed E-state index contributed by atoms with van der Waals surface area (Å²) in [6.45, 7) is 6.53. The molecule has 0 radical (unpaired) electrons. The van der Waals surface area contributed by atoms with E-state index < -0.39 is 23.5 Å². The van der Waals surface area contributed by atoms with Gasteiger partial charge in [-0.2, -0.15) is 0 Å². The van der Waals surface area contributed by atoms with Gasteiger partial charge in [0.25, 0.3) is 11.7 Å². The van der Waals surface area contributed by atoms with E-state index in [1.54, 1.807) is 36.4 Å². The van der Waals surface area contributed by atoms with Gasteiger partial charge < -0.3 is 14.7 Å². The van der Waals surface area contributed by atoms with Gasteiger partial charge in [0.1, 0.15) is 17.3 Å². The summed E-state index contributed by atoms with van der Waals surface area (Å²) in [5, 5.41) is 11.2. The fourth-order valence-corrected chi connectivity index (χ4v) is 4.78. The topological polar surface area (TPSA) is 66.8 Å². The van der Waals surface area contributed by atoms with Crippen molar-refractivity contribution in [3.05, 3.63) is 70.5 Å². The number of Topliss-reactive ketones (excluding diaryl/α,β-unsaturated/α-hetero) is 1. The number of carbonyl (C=O) groups is 2. The molecule has 1 N–H and O–H groups in total. The van der Waals surface area contributed by atoms with Crippen molar-refractivity contribution in [2.24, 2.45) is 5.92 Å². The number of hydrogen-bond acceptors (Lipinski definition) is 4. The summed E-state index contributed by atoms with van der Waals surface area (Å²) in [4.78, 5) is 27.7. The molecule has 1 amide bonds. The van der Waals surface area contributed by atoms with E-state index in [-0.39, 0.29) is 22.9 Å². The van der Waals surface area contributed by atoms with Crippen LogP contribution in [0.5, 0.6) is 5.75 Å². The molecule has 2 aliphatic rings. The van der Waals surface area contributed by atoms with Crippen LogP contribution in [0, 0.1) is 18.7 Å². The lowest BCUT2D eigenvalue weighted by molar-refractivity contribution is -0.141. The van der Waals surface area contributed by atoms with Gasteiger partial charge >= 0.3 is 0 Å². The molecule has 0 aromatic heterocycles. The Morgan fingerprint density at radius 3 is 2.48 bits per heavy atom. The highest BCUT2D eigenvalue weighted by Gasteiger charge is 2.49. The van der Waals surface area contributed by atoms with Crippen molar-refractivity contribution in [1.29, 1.82) is 0 Å². The van der Waals surface area contributed by atoms with Crippen LogP contribution in [-0.2, 0) is 9.59 Å². The number of amides is 1. The minimum Gasteiger partial charge on any atom is -0.507 e. The van der Waals surface area contributed by atoms with Crippen molar-refractivity contribution in [2.45, 2.75) is 58.5 Å². The van der Waals surface area contributed by atoms with Gasteiger partial charge in [0, 0.05) is 17.2 Å². The maximum atomic E-state index is 14.9. The van der Waals surface area contributed by atoms with Crippen LogP contribution in [0.25, 0.3) is 5.76 Å². The maximum Gasteiger partial charge on any atom is 0.295 e. The number of halogens is 1. The van der Waals surface area contributed by atoms with Crippen molar-refractivity contribution >= 4 is 17.4 Å². The number of ether oxygens (including phenoxy) is 1. The average Bonchev–Trinajstić information content (AvgIpc) is 3.39. The standard InChI is InChI=1S/C27H30FNO4/c1-16(2)15-33-22-13-12-18(14-17(22)3)25(30)23-24(20-10-6-7-11-21(20)28)29(27(32)26(23)31)19-8-4-5-9-19/h6-7,10-14,16,19,24,30H,4-5,8-9,15H2,1-3H3/b25-23+. The SMILES string of the molecule is Cc1cc(/C(O)=C2\C(=O)C(=O)N(C3CCCC3)C2c2ccccc2F)ccc1OCC(C)C. The zero-order chi connectivity index (χ0) is 23.7. The van der Waals surface area contributed by atoms with E-state index in [1.165, 1.54) is 11.0 Å². The number of aliphatic hydroxyl groups is 1. The fourth-order valence-electron chi connectivity index (χ4n) is 4.78. The predicted octanol–water partition coefficient (Wildman–Crippen LogP) is 5.53. The Kier molecular flexibility index (Phi) is 6.54. The molecule has 2 aromatic carbocycles. The van der Waals surface area contributed by atoms with Crippen molar-refractivity contribution in [3.8, 4) is 5.75 Å². The van der Waals surface area contributed by atoms with Crippen LogP contribution in [0.3, 0.4) is 0 Å². The third kappa shape index (κ3) is 4.39. The van der Waals surface area contributed by atoms with Gasteiger partial charge in [0.2, 0.25) is 0 Å². The largest absolute Gasteiger partial charge is 0.507 e. The predicted molar refractivity (Wildman–Crippen MR) is 124 cm³/mol. The highest BCUT2D eigenvalue weighted by Crippen LogP contribution is 2.44. The lowest BCUT2D eigenvalue weighted by Crippen LogP contribution is -2.38. The molecule has 1 unspecified atom stereocenters. The first kappa shape index (κ1) is 23.0. The summed E-state index contributed by atoms with van der Waals surface area (Å²) >= 11 is 0. The van der Waals surface area contributed by atoms with Crippen LogP contribution in [-0.4, -0.2) is 34.3 Å². The second-order valence-corrected chi connectivity index (χ2v) is 9.35. The number of aryl methyl sites for hydroxylation is 1. The molecule has 1 aliphatic carbocycles. The number of nitrogens with zero attached hydrogens (tertiary/aromatic N) is 1. The molecule has 1 saturated carbocycles. The van der Waals surface area contributed by atoms with Crippen LogP contribution in [0.2, 0.25) is 0 Å².